The van der Waals surface area contributed by atoms with Gasteiger partial charge in [0.2, 0.25) is 15.7 Å². The van der Waals surface area contributed by atoms with E-state index in [1.165, 1.54) is 26.0 Å². The highest BCUT2D eigenvalue weighted by molar-refractivity contribution is 7.89. The van der Waals surface area contributed by atoms with Gasteiger partial charge in [-0.05, 0) is 34.5 Å². The SMILES string of the molecule is CC(C)C(F)(C(=O)NS(C)(=O)=O)c1ccc(-c2ccc3ccccc3c2)[nH]c1=O. The zero-order valence-electron chi connectivity index (χ0n) is 16.2. The Morgan fingerprint density at radius 1 is 1.07 bits per heavy atom. The van der Waals surface area contributed by atoms with Crippen molar-refractivity contribution in [3.63, 3.8) is 0 Å². The van der Waals surface area contributed by atoms with Crippen molar-refractivity contribution in [2.75, 3.05) is 6.26 Å². The molecular formula is C21H21FN2O4S. The molecule has 0 radical (unpaired) electrons. The normalized spacial score (nSPS) is 14.0. The first-order valence-corrected chi connectivity index (χ1v) is 10.9. The first kappa shape index (κ1) is 20.7. The molecule has 0 spiro atoms. The van der Waals surface area contributed by atoms with Crippen LogP contribution in [0.15, 0.2) is 59.4 Å². The summed E-state index contributed by atoms with van der Waals surface area (Å²) in [6.07, 6.45) is 0.749. The molecule has 1 heterocycles. The van der Waals surface area contributed by atoms with Crippen LogP contribution in [0.2, 0.25) is 0 Å². The number of aromatic amines is 1. The Bertz CT molecular complexity index is 1250. The molecule has 3 rings (SSSR count). The van der Waals surface area contributed by atoms with E-state index in [2.05, 4.69) is 4.98 Å². The van der Waals surface area contributed by atoms with Gasteiger partial charge in [0.25, 0.3) is 11.5 Å². The molecule has 1 aromatic heterocycles. The second-order valence-corrected chi connectivity index (χ2v) is 9.00. The van der Waals surface area contributed by atoms with Gasteiger partial charge in [0.15, 0.2) is 0 Å². The van der Waals surface area contributed by atoms with Gasteiger partial charge >= 0.3 is 0 Å². The average Bonchev–Trinajstić information content (AvgIpc) is 2.65. The van der Waals surface area contributed by atoms with Crippen LogP contribution in [0.5, 0.6) is 0 Å². The van der Waals surface area contributed by atoms with Gasteiger partial charge in [-0.3, -0.25) is 14.3 Å². The summed E-state index contributed by atoms with van der Waals surface area (Å²) in [5.74, 6) is -2.36. The number of fused-ring (bicyclic) bond motifs is 1. The summed E-state index contributed by atoms with van der Waals surface area (Å²) in [5.41, 5.74) is -2.87. The molecule has 3 aromatic rings. The number of nitrogens with one attached hydrogen (secondary N) is 2. The molecule has 2 N–H and O–H groups in total. The highest BCUT2D eigenvalue weighted by Crippen LogP contribution is 2.33. The average molecular weight is 416 g/mol. The van der Waals surface area contributed by atoms with Crippen LogP contribution in [0.25, 0.3) is 22.0 Å². The maximum atomic E-state index is 15.7. The van der Waals surface area contributed by atoms with Crippen LogP contribution >= 0.6 is 0 Å². The van der Waals surface area contributed by atoms with Crippen LogP contribution in [0, 0.1) is 5.92 Å². The van der Waals surface area contributed by atoms with Crippen LogP contribution in [0.3, 0.4) is 0 Å². The first-order valence-electron chi connectivity index (χ1n) is 8.96. The van der Waals surface area contributed by atoms with E-state index >= 15 is 4.39 Å². The van der Waals surface area contributed by atoms with Crippen molar-refractivity contribution in [3.8, 4) is 11.3 Å². The van der Waals surface area contributed by atoms with Crippen LogP contribution in [-0.4, -0.2) is 25.6 Å². The van der Waals surface area contributed by atoms with Crippen molar-refractivity contribution in [1.82, 2.24) is 9.71 Å². The number of amides is 1. The van der Waals surface area contributed by atoms with Crippen molar-refractivity contribution < 1.29 is 17.6 Å². The summed E-state index contributed by atoms with van der Waals surface area (Å²) in [7, 11) is -3.98. The standard InChI is InChI=1S/C21H21FN2O4S/c1-13(2)21(22,20(26)24-29(3,27)28)17-10-11-18(23-19(17)25)16-9-8-14-6-4-5-7-15(14)12-16/h4-13H,1-3H3,(H,23,25)(H,24,26). The van der Waals surface area contributed by atoms with Gasteiger partial charge in [0.1, 0.15) is 0 Å². The number of hydrogen-bond donors (Lipinski definition) is 2. The lowest BCUT2D eigenvalue weighted by Gasteiger charge is -2.27. The molecule has 0 aliphatic heterocycles. The smallest absolute Gasteiger partial charge is 0.276 e. The Morgan fingerprint density at radius 2 is 1.72 bits per heavy atom. The second kappa shape index (κ2) is 7.44. The molecule has 0 aliphatic rings. The van der Waals surface area contributed by atoms with E-state index in [4.69, 9.17) is 0 Å². The number of pyridine rings is 1. The van der Waals surface area contributed by atoms with Crippen LogP contribution in [0.4, 0.5) is 4.39 Å². The van der Waals surface area contributed by atoms with E-state index in [9.17, 15) is 18.0 Å². The van der Waals surface area contributed by atoms with Gasteiger partial charge in [-0.25, -0.2) is 12.8 Å². The monoisotopic (exact) mass is 416 g/mol. The fraction of sp³-hybridized carbons (Fsp3) is 0.238. The molecule has 0 fully saturated rings. The molecule has 2 aromatic carbocycles. The Balaban J connectivity index is 2.07. The van der Waals surface area contributed by atoms with Crippen molar-refractivity contribution in [1.29, 1.82) is 0 Å². The molecule has 1 amide bonds. The third kappa shape index (κ3) is 4.07. The van der Waals surface area contributed by atoms with E-state index < -0.39 is 38.6 Å². The van der Waals surface area contributed by atoms with Gasteiger partial charge in [0.05, 0.1) is 11.8 Å². The summed E-state index contributed by atoms with van der Waals surface area (Å²) >= 11 is 0. The van der Waals surface area contributed by atoms with E-state index in [1.807, 2.05) is 42.5 Å². The number of carbonyl (C=O) groups excluding carboxylic acids is 1. The number of halogens is 1. The topological polar surface area (TPSA) is 96.1 Å². The quantitative estimate of drug-likeness (QED) is 0.668. The molecule has 0 bridgehead atoms. The third-order valence-corrected chi connectivity index (χ3v) is 5.32. The number of hydrogen-bond acceptors (Lipinski definition) is 4. The number of benzene rings is 2. The Kier molecular flexibility index (Phi) is 5.32. The maximum Gasteiger partial charge on any atom is 0.276 e. The Labute approximate surface area is 167 Å². The molecule has 29 heavy (non-hydrogen) atoms. The number of aromatic nitrogens is 1. The van der Waals surface area contributed by atoms with Gasteiger partial charge in [-0.15, -0.1) is 0 Å². The van der Waals surface area contributed by atoms with Gasteiger partial charge in [-0.1, -0.05) is 50.2 Å². The molecular weight excluding hydrogens is 395 g/mol. The summed E-state index contributed by atoms with van der Waals surface area (Å²) in [5, 5.41) is 2.01. The lowest BCUT2D eigenvalue weighted by atomic mass is 9.85. The molecule has 0 saturated carbocycles. The number of H-pyrrole nitrogens is 1. The number of sulfonamides is 1. The van der Waals surface area contributed by atoms with Crippen molar-refractivity contribution >= 4 is 26.7 Å². The summed E-state index contributed by atoms with van der Waals surface area (Å²) in [6.45, 7) is 2.80. The van der Waals surface area contributed by atoms with Crippen LogP contribution in [-0.2, 0) is 20.5 Å². The van der Waals surface area contributed by atoms with Crippen LogP contribution in [0.1, 0.15) is 19.4 Å². The predicted octanol–water partition coefficient (Wildman–Crippen LogP) is 3.09. The largest absolute Gasteiger partial charge is 0.322 e. The first-order chi connectivity index (χ1) is 13.5. The maximum absolute atomic E-state index is 15.7. The van der Waals surface area contributed by atoms with Crippen molar-refractivity contribution in [2.45, 2.75) is 19.5 Å². The van der Waals surface area contributed by atoms with Gasteiger partial charge in [0, 0.05) is 11.6 Å². The van der Waals surface area contributed by atoms with E-state index in [1.54, 1.807) is 4.72 Å². The van der Waals surface area contributed by atoms with E-state index in [0.29, 0.717) is 5.69 Å². The van der Waals surface area contributed by atoms with E-state index in [-0.39, 0.29) is 0 Å². The summed E-state index contributed by atoms with van der Waals surface area (Å²) < 4.78 is 40.1. The predicted molar refractivity (Wildman–Crippen MR) is 111 cm³/mol. The van der Waals surface area contributed by atoms with Crippen molar-refractivity contribution in [2.24, 2.45) is 5.92 Å². The minimum absolute atomic E-state index is 0.446. The molecule has 1 unspecified atom stereocenters. The molecule has 8 heteroatoms. The lowest BCUT2D eigenvalue weighted by Crippen LogP contribution is -2.49. The number of rotatable bonds is 5. The second-order valence-electron chi connectivity index (χ2n) is 7.25. The fourth-order valence-electron chi connectivity index (χ4n) is 3.22. The lowest BCUT2D eigenvalue weighted by molar-refractivity contribution is -0.134. The van der Waals surface area contributed by atoms with Gasteiger partial charge < -0.3 is 4.98 Å². The molecule has 152 valence electrons. The Hall–Kier alpha value is -3.00. The molecule has 0 saturated heterocycles. The van der Waals surface area contributed by atoms with Crippen molar-refractivity contribution in [3.05, 3.63) is 70.5 Å². The molecule has 1 atom stereocenters. The molecule has 6 nitrogen and oxygen atoms in total. The van der Waals surface area contributed by atoms with E-state index in [0.717, 1.165) is 22.6 Å². The Morgan fingerprint density at radius 3 is 2.31 bits per heavy atom. The highest BCUT2D eigenvalue weighted by atomic mass is 32.2. The zero-order chi connectivity index (χ0) is 21.4. The zero-order valence-corrected chi connectivity index (χ0v) is 17.0. The molecule has 0 aliphatic carbocycles. The summed E-state index contributed by atoms with van der Waals surface area (Å²) in [4.78, 5) is 27.6. The minimum atomic E-state index is -3.98. The minimum Gasteiger partial charge on any atom is -0.322 e. The van der Waals surface area contributed by atoms with Gasteiger partial charge in [-0.2, -0.15) is 0 Å². The number of carbonyl (C=O) groups is 1. The highest BCUT2D eigenvalue weighted by Gasteiger charge is 2.47. The number of alkyl halides is 1. The van der Waals surface area contributed by atoms with Crippen LogP contribution < -0.4 is 10.3 Å². The fourth-order valence-corrected chi connectivity index (χ4v) is 3.71. The third-order valence-electron chi connectivity index (χ3n) is 4.77. The summed E-state index contributed by atoms with van der Waals surface area (Å²) in [6, 6.07) is 16.1.